The van der Waals surface area contributed by atoms with E-state index in [2.05, 4.69) is 61.1 Å². The fourth-order valence-corrected chi connectivity index (χ4v) is 2.58. The van der Waals surface area contributed by atoms with Crippen LogP contribution in [0.2, 0.25) is 0 Å². The van der Waals surface area contributed by atoms with Crippen molar-refractivity contribution < 1.29 is 0 Å². The van der Waals surface area contributed by atoms with Gasteiger partial charge in [-0.05, 0) is 23.3 Å². The number of thioether (sulfide) groups is 1. The molecule has 0 nitrogen and oxygen atoms in total. The van der Waals surface area contributed by atoms with Crippen molar-refractivity contribution in [2.75, 3.05) is 5.75 Å². The van der Waals surface area contributed by atoms with Crippen LogP contribution in [0.1, 0.15) is 48.5 Å². The number of hydrogen-bond acceptors (Lipinski definition) is 1. The lowest BCUT2D eigenvalue weighted by Crippen LogP contribution is -2.13. The molecule has 0 bridgehead atoms. The predicted molar refractivity (Wildman–Crippen MR) is 74.3 cm³/mol. The van der Waals surface area contributed by atoms with E-state index in [4.69, 9.17) is 0 Å². The van der Waals surface area contributed by atoms with Crippen molar-refractivity contribution in [1.29, 1.82) is 0 Å². The SMILES string of the molecule is C=C(SCC(C)(C)C)/C(=C\C)C(C)(C)C. The Kier molecular flexibility index (Phi) is 5.19. The second-order valence-electron chi connectivity index (χ2n) is 6.22. The van der Waals surface area contributed by atoms with E-state index < -0.39 is 0 Å². The zero-order valence-corrected chi connectivity index (χ0v) is 12.2. The first kappa shape index (κ1) is 14.8. The standard InChI is InChI=1S/C14H26S/c1-9-12(14(6,7)8)11(2)15-10-13(3,4)5/h9H,2,10H2,1,3-8H3/b12-9+. The summed E-state index contributed by atoms with van der Waals surface area (Å²) in [6.07, 6.45) is 2.19. The smallest absolute Gasteiger partial charge is 0.00343 e. The average molecular weight is 226 g/mol. The average Bonchev–Trinajstić information content (AvgIpc) is 1.98. The maximum Gasteiger partial charge on any atom is 0.00343 e. The largest absolute Gasteiger partial charge is 0.126 e. The van der Waals surface area contributed by atoms with Crippen LogP contribution in [0.25, 0.3) is 0 Å². The van der Waals surface area contributed by atoms with Crippen LogP contribution in [0, 0.1) is 10.8 Å². The Hall–Kier alpha value is -0.170. The lowest BCUT2D eigenvalue weighted by atomic mass is 9.86. The van der Waals surface area contributed by atoms with Crippen molar-refractivity contribution in [3.05, 3.63) is 23.1 Å². The van der Waals surface area contributed by atoms with E-state index in [1.165, 1.54) is 10.5 Å². The first-order valence-electron chi connectivity index (χ1n) is 5.57. The second kappa shape index (κ2) is 5.25. The van der Waals surface area contributed by atoms with Crippen molar-refractivity contribution in [3.63, 3.8) is 0 Å². The van der Waals surface area contributed by atoms with Crippen molar-refractivity contribution >= 4 is 11.8 Å². The van der Waals surface area contributed by atoms with Crippen LogP contribution < -0.4 is 0 Å². The van der Waals surface area contributed by atoms with Crippen LogP contribution in [0.4, 0.5) is 0 Å². The number of rotatable bonds is 3. The second-order valence-corrected chi connectivity index (χ2v) is 7.30. The summed E-state index contributed by atoms with van der Waals surface area (Å²) in [5, 5.41) is 0. The van der Waals surface area contributed by atoms with Crippen LogP contribution in [0.3, 0.4) is 0 Å². The first-order valence-corrected chi connectivity index (χ1v) is 6.55. The van der Waals surface area contributed by atoms with Crippen molar-refractivity contribution in [2.24, 2.45) is 10.8 Å². The zero-order valence-electron chi connectivity index (χ0n) is 11.4. The van der Waals surface area contributed by atoms with E-state index in [0.29, 0.717) is 5.41 Å². The van der Waals surface area contributed by atoms with Crippen molar-refractivity contribution in [1.82, 2.24) is 0 Å². The van der Waals surface area contributed by atoms with Crippen LogP contribution in [0.5, 0.6) is 0 Å². The molecule has 0 aliphatic carbocycles. The van der Waals surface area contributed by atoms with Gasteiger partial charge in [0.1, 0.15) is 0 Å². The summed E-state index contributed by atoms with van der Waals surface area (Å²) in [7, 11) is 0. The molecule has 0 aromatic carbocycles. The molecule has 0 radical (unpaired) electrons. The highest BCUT2D eigenvalue weighted by Crippen LogP contribution is 2.37. The number of allylic oxidation sites excluding steroid dienone is 2. The summed E-state index contributed by atoms with van der Waals surface area (Å²) < 4.78 is 0. The molecule has 88 valence electrons. The molecule has 0 heterocycles. The Morgan fingerprint density at radius 1 is 1.13 bits per heavy atom. The van der Waals surface area contributed by atoms with Crippen LogP contribution in [0.15, 0.2) is 23.1 Å². The maximum absolute atomic E-state index is 4.19. The van der Waals surface area contributed by atoms with E-state index in [1.807, 2.05) is 11.8 Å². The van der Waals surface area contributed by atoms with E-state index in [9.17, 15) is 0 Å². The minimum absolute atomic E-state index is 0.205. The Morgan fingerprint density at radius 3 is 1.87 bits per heavy atom. The highest BCUT2D eigenvalue weighted by Gasteiger charge is 2.20. The van der Waals surface area contributed by atoms with Gasteiger partial charge in [-0.15, -0.1) is 11.8 Å². The van der Waals surface area contributed by atoms with E-state index in [1.54, 1.807) is 0 Å². The van der Waals surface area contributed by atoms with E-state index in [-0.39, 0.29) is 5.41 Å². The molecule has 0 aromatic rings. The van der Waals surface area contributed by atoms with Gasteiger partial charge in [0.25, 0.3) is 0 Å². The third kappa shape index (κ3) is 6.09. The summed E-state index contributed by atoms with van der Waals surface area (Å²) in [6.45, 7) is 19.8. The first-order chi connectivity index (χ1) is 6.58. The van der Waals surface area contributed by atoms with Gasteiger partial charge in [-0.3, -0.25) is 0 Å². The molecule has 0 aromatic heterocycles. The Labute approximate surface area is 100 Å². The molecule has 0 amide bonds. The minimum Gasteiger partial charge on any atom is -0.126 e. The van der Waals surface area contributed by atoms with E-state index >= 15 is 0 Å². The summed E-state index contributed by atoms with van der Waals surface area (Å²) >= 11 is 1.88. The quantitative estimate of drug-likeness (QED) is 0.591. The molecule has 0 N–H and O–H groups in total. The van der Waals surface area contributed by atoms with Gasteiger partial charge in [-0.1, -0.05) is 54.2 Å². The van der Waals surface area contributed by atoms with Crippen LogP contribution in [-0.2, 0) is 0 Å². The molecule has 0 aliphatic heterocycles. The van der Waals surface area contributed by atoms with Gasteiger partial charge in [0.15, 0.2) is 0 Å². The molecule has 0 fully saturated rings. The predicted octanol–water partition coefficient (Wildman–Crippen LogP) is 5.27. The fourth-order valence-electron chi connectivity index (χ4n) is 1.39. The Balaban J connectivity index is 4.46. The molecule has 0 aliphatic rings. The van der Waals surface area contributed by atoms with E-state index in [0.717, 1.165) is 5.75 Å². The molecular formula is C14H26S. The van der Waals surface area contributed by atoms with Crippen molar-refractivity contribution in [3.8, 4) is 0 Å². The van der Waals surface area contributed by atoms with Crippen LogP contribution >= 0.6 is 11.8 Å². The van der Waals surface area contributed by atoms with Crippen molar-refractivity contribution in [2.45, 2.75) is 48.5 Å². The molecule has 1 heteroatoms. The summed E-state index contributed by atoms with van der Waals surface area (Å²) in [4.78, 5) is 1.22. The monoisotopic (exact) mass is 226 g/mol. The topological polar surface area (TPSA) is 0 Å². The lowest BCUT2D eigenvalue weighted by molar-refractivity contribution is 0.480. The zero-order chi connectivity index (χ0) is 12.3. The van der Waals surface area contributed by atoms with Gasteiger partial charge < -0.3 is 0 Å². The van der Waals surface area contributed by atoms with Gasteiger partial charge in [0, 0.05) is 10.7 Å². The van der Waals surface area contributed by atoms with Gasteiger partial charge in [0.05, 0.1) is 0 Å². The molecule has 0 atom stereocenters. The Bertz CT molecular complexity index is 245. The summed E-state index contributed by atoms with van der Waals surface area (Å²) in [6, 6.07) is 0. The van der Waals surface area contributed by atoms with Gasteiger partial charge >= 0.3 is 0 Å². The normalized spacial score (nSPS) is 14.2. The molecule has 15 heavy (non-hydrogen) atoms. The lowest BCUT2D eigenvalue weighted by Gasteiger charge is -2.26. The highest BCUT2D eigenvalue weighted by atomic mass is 32.2. The molecule has 0 saturated heterocycles. The molecule has 0 rings (SSSR count). The number of hydrogen-bond donors (Lipinski definition) is 0. The molecule has 0 unspecified atom stereocenters. The summed E-state index contributed by atoms with van der Waals surface area (Å²) in [5.74, 6) is 1.12. The molecule has 0 saturated carbocycles. The molecule has 0 spiro atoms. The maximum atomic E-state index is 4.19. The van der Waals surface area contributed by atoms with Gasteiger partial charge in [0.2, 0.25) is 0 Å². The fraction of sp³-hybridized carbons (Fsp3) is 0.714. The highest BCUT2D eigenvalue weighted by molar-refractivity contribution is 8.03. The van der Waals surface area contributed by atoms with Gasteiger partial charge in [-0.25, -0.2) is 0 Å². The third-order valence-electron chi connectivity index (χ3n) is 2.08. The Morgan fingerprint density at radius 2 is 1.60 bits per heavy atom. The van der Waals surface area contributed by atoms with Crippen LogP contribution in [-0.4, -0.2) is 5.75 Å². The van der Waals surface area contributed by atoms with Gasteiger partial charge in [-0.2, -0.15) is 0 Å². The molecular weight excluding hydrogens is 200 g/mol. The minimum atomic E-state index is 0.205. The summed E-state index contributed by atoms with van der Waals surface area (Å²) in [5.41, 5.74) is 1.94. The third-order valence-corrected chi connectivity index (χ3v) is 3.66.